The third-order valence-electron chi connectivity index (χ3n) is 3.55. The van der Waals surface area contributed by atoms with Crippen LogP contribution in [0.25, 0.3) is 0 Å². The van der Waals surface area contributed by atoms with Crippen LogP contribution in [-0.4, -0.2) is 17.6 Å². The van der Waals surface area contributed by atoms with E-state index in [4.69, 9.17) is 9.84 Å². The number of anilines is 1. The van der Waals surface area contributed by atoms with Crippen LogP contribution < -0.4 is 15.4 Å². The number of nitrogens with one attached hydrogen (secondary N) is 2. The first-order valence-electron chi connectivity index (χ1n) is 8.22. The van der Waals surface area contributed by atoms with Crippen LogP contribution >= 0.6 is 0 Å². The smallest absolute Gasteiger partial charge is 0.267 e. The topological polar surface area (TPSA) is 94.4 Å². The molecule has 2 aromatic carbocycles. The summed E-state index contributed by atoms with van der Waals surface area (Å²) in [5.74, 6) is 0.232. The predicted molar refractivity (Wildman–Crippen MR) is 99.1 cm³/mol. The quantitative estimate of drug-likeness (QED) is 0.502. The highest BCUT2D eigenvalue weighted by atomic mass is 16.5. The molecule has 0 bridgehead atoms. The Morgan fingerprint density at radius 3 is 2.38 bits per heavy atom. The van der Waals surface area contributed by atoms with Gasteiger partial charge in [-0.1, -0.05) is 24.3 Å². The maximum Gasteiger partial charge on any atom is 0.267 e. The molecule has 0 atom stereocenters. The molecule has 0 aliphatic carbocycles. The van der Waals surface area contributed by atoms with Crippen LogP contribution in [0.2, 0.25) is 0 Å². The van der Waals surface area contributed by atoms with Crippen molar-refractivity contribution in [2.75, 3.05) is 11.9 Å². The molecule has 0 spiro atoms. The second-order valence-corrected chi connectivity index (χ2v) is 5.44. The monoisotopic (exact) mass is 351 g/mol. The van der Waals surface area contributed by atoms with E-state index in [1.807, 2.05) is 37.3 Å². The van der Waals surface area contributed by atoms with Crippen molar-refractivity contribution in [3.8, 4) is 11.8 Å². The largest absolute Gasteiger partial charge is 0.494 e. The van der Waals surface area contributed by atoms with E-state index >= 15 is 0 Å². The number of rotatable bonds is 8. The van der Waals surface area contributed by atoms with Gasteiger partial charge in [0.05, 0.1) is 13.2 Å². The molecule has 134 valence electrons. The zero-order valence-electron chi connectivity index (χ0n) is 14.5. The lowest BCUT2D eigenvalue weighted by atomic mass is 10.1. The van der Waals surface area contributed by atoms with Gasteiger partial charge in [-0.25, -0.2) is 0 Å². The Morgan fingerprint density at radius 1 is 1.15 bits per heavy atom. The molecule has 26 heavy (non-hydrogen) atoms. The Labute approximate surface area is 152 Å². The fourth-order valence-corrected chi connectivity index (χ4v) is 2.18. The maximum atomic E-state index is 12.2. The minimum Gasteiger partial charge on any atom is -0.494 e. The van der Waals surface area contributed by atoms with Gasteiger partial charge in [0.2, 0.25) is 0 Å². The first kappa shape index (κ1) is 19.0. The number of aliphatic hydroxyl groups is 1. The molecule has 0 unspecified atom stereocenters. The number of nitrogens with zero attached hydrogens (tertiary/aromatic N) is 1. The van der Waals surface area contributed by atoms with Crippen molar-refractivity contribution in [3.05, 3.63) is 71.4 Å². The van der Waals surface area contributed by atoms with Crippen molar-refractivity contribution in [2.45, 2.75) is 20.1 Å². The van der Waals surface area contributed by atoms with E-state index in [0.717, 1.165) is 16.9 Å². The highest BCUT2D eigenvalue weighted by molar-refractivity contribution is 6.06. The highest BCUT2D eigenvalue weighted by Crippen LogP contribution is 2.16. The SMILES string of the molecule is CCOc1ccc(NC(=O)/C(C#N)=C\NCc2ccc(CO)cc2)cc1. The second kappa shape index (κ2) is 9.87. The van der Waals surface area contributed by atoms with E-state index in [1.54, 1.807) is 24.3 Å². The molecule has 0 radical (unpaired) electrons. The first-order valence-corrected chi connectivity index (χ1v) is 8.22. The molecule has 0 heterocycles. The number of carbonyl (C=O) groups is 1. The zero-order chi connectivity index (χ0) is 18.8. The minimum atomic E-state index is -0.486. The van der Waals surface area contributed by atoms with Gasteiger partial charge >= 0.3 is 0 Å². The number of hydrogen-bond donors (Lipinski definition) is 3. The van der Waals surface area contributed by atoms with Crippen LogP contribution in [0.1, 0.15) is 18.1 Å². The van der Waals surface area contributed by atoms with Gasteiger partial charge in [-0.2, -0.15) is 5.26 Å². The summed E-state index contributed by atoms with van der Waals surface area (Å²) in [7, 11) is 0. The number of hydrogen-bond acceptors (Lipinski definition) is 5. The van der Waals surface area contributed by atoms with Crippen LogP contribution in [-0.2, 0) is 17.9 Å². The third kappa shape index (κ3) is 5.65. The summed E-state index contributed by atoms with van der Waals surface area (Å²) in [6.45, 7) is 2.93. The lowest BCUT2D eigenvalue weighted by Crippen LogP contribution is -2.16. The molecule has 1 amide bonds. The highest BCUT2D eigenvalue weighted by Gasteiger charge is 2.09. The maximum absolute atomic E-state index is 12.2. The molecule has 2 aromatic rings. The minimum absolute atomic E-state index is 0.00207. The summed E-state index contributed by atoms with van der Waals surface area (Å²) in [6, 6.07) is 16.2. The molecule has 3 N–H and O–H groups in total. The number of ether oxygens (including phenoxy) is 1. The van der Waals surface area contributed by atoms with Gasteiger partial charge in [0.15, 0.2) is 0 Å². The molecule has 0 aliphatic heterocycles. The van der Waals surface area contributed by atoms with E-state index in [9.17, 15) is 10.1 Å². The molecular formula is C20H21N3O3. The Morgan fingerprint density at radius 2 is 1.81 bits per heavy atom. The summed E-state index contributed by atoms with van der Waals surface area (Å²) in [5, 5.41) is 23.8. The number of amides is 1. The summed E-state index contributed by atoms with van der Waals surface area (Å²) >= 11 is 0. The van der Waals surface area contributed by atoms with Gasteiger partial charge in [0.1, 0.15) is 17.4 Å². The Hall–Kier alpha value is -3.30. The van der Waals surface area contributed by atoms with Crippen molar-refractivity contribution in [2.24, 2.45) is 0 Å². The molecule has 0 aromatic heterocycles. The number of benzene rings is 2. The van der Waals surface area contributed by atoms with Crippen molar-refractivity contribution in [3.63, 3.8) is 0 Å². The molecule has 0 saturated heterocycles. The Bertz CT molecular complexity index is 791. The molecule has 0 saturated carbocycles. The van der Waals surface area contributed by atoms with Crippen molar-refractivity contribution < 1.29 is 14.6 Å². The van der Waals surface area contributed by atoms with E-state index in [-0.39, 0.29) is 12.2 Å². The molecule has 0 aliphatic rings. The van der Waals surface area contributed by atoms with Gasteiger partial charge < -0.3 is 20.5 Å². The van der Waals surface area contributed by atoms with Crippen LogP contribution in [0.3, 0.4) is 0 Å². The summed E-state index contributed by atoms with van der Waals surface area (Å²) in [6.07, 6.45) is 1.39. The Kier molecular flexibility index (Phi) is 7.22. The van der Waals surface area contributed by atoms with Crippen molar-refractivity contribution in [1.82, 2.24) is 5.32 Å². The number of carbonyl (C=O) groups excluding carboxylic acids is 1. The number of nitriles is 1. The third-order valence-corrected chi connectivity index (χ3v) is 3.55. The summed E-state index contributed by atoms with van der Waals surface area (Å²) < 4.78 is 5.34. The Balaban J connectivity index is 1.92. The fourth-order valence-electron chi connectivity index (χ4n) is 2.18. The van der Waals surface area contributed by atoms with Crippen LogP contribution in [0.5, 0.6) is 5.75 Å². The zero-order valence-corrected chi connectivity index (χ0v) is 14.5. The van der Waals surface area contributed by atoms with Gasteiger partial charge in [-0.05, 0) is 42.3 Å². The lowest BCUT2D eigenvalue weighted by Gasteiger charge is -2.07. The van der Waals surface area contributed by atoms with Gasteiger partial charge in [0.25, 0.3) is 5.91 Å². The molecular weight excluding hydrogens is 330 g/mol. The molecule has 0 fully saturated rings. The second-order valence-electron chi connectivity index (χ2n) is 5.44. The van der Waals surface area contributed by atoms with E-state index < -0.39 is 5.91 Å². The first-order chi connectivity index (χ1) is 12.7. The van der Waals surface area contributed by atoms with Crippen LogP contribution in [0, 0.1) is 11.3 Å². The average molecular weight is 351 g/mol. The van der Waals surface area contributed by atoms with E-state index in [2.05, 4.69) is 10.6 Å². The van der Waals surface area contributed by atoms with Gasteiger partial charge in [0, 0.05) is 18.4 Å². The van der Waals surface area contributed by atoms with Crippen LogP contribution in [0.15, 0.2) is 60.3 Å². The lowest BCUT2D eigenvalue weighted by molar-refractivity contribution is -0.112. The van der Waals surface area contributed by atoms with E-state index in [1.165, 1.54) is 6.20 Å². The van der Waals surface area contributed by atoms with Crippen molar-refractivity contribution in [1.29, 1.82) is 5.26 Å². The molecule has 6 nitrogen and oxygen atoms in total. The summed E-state index contributed by atoms with van der Waals surface area (Å²) in [4.78, 5) is 12.2. The molecule has 6 heteroatoms. The predicted octanol–water partition coefficient (Wildman–Crippen LogP) is 2.71. The average Bonchev–Trinajstić information content (AvgIpc) is 2.67. The standard InChI is InChI=1S/C20H21N3O3/c1-2-26-19-9-7-18(8-10-19)23-20(25)17(11-21)13-22-12-15-3-5-16(14-24)6-4-15/h3-10,13,22,24H,2,12,14H2,1H3,(H,23,25)/b17-13-. The fraction of sp³-hybridized carbons (Fsp3) is 0.200. The number of aliphatic hydroxyl groups excluding tert-OH is 1. The molecule has 2 rings (SSSR count). The van der Waals surface area contributed by atoms with Gasteiger partial charge in [-0.3, -0.25) is 4.79 Å². The van der Waals surface area contributed by atoms with Gasteiger partial charge in [-0.15, -0.1) is 0 Å². The van der Waals surface area contributed by atoms with E-state index in [0.29, 0.717) is 18.8 Å². The normalized spacial score (nSPS) is 10.7. The van der Waals surface area contributed by atoms with Crippen molar-refractivity contribution >= 4 is 11.6 Å². The van der Waals surface area contributed by atoms with Crippen LogP contribution in [0.4, 0.5) is 5.69 Å². The summed E-state index contributed by atoms with van der Waals surface area (Å²) in [5.41, 5.74) is 2.37.